The highest BCUT2D eigenvalue weighted by Crippen LogP contribution is 2.31. The van der Waals surface area contributed by atoms with E-state index >= 15 is 0 Å². The maximum atomic E-state index is 13.2. The van der Waals surface area contributed by atoms with Crippen LogP contribution in [0.15, 0.2) is 52.3 Å². The summed E-state index contributed by atoms with van der Waals surface area (Å²) in [6.45, 7) is 1.59. The van der Waals surface area contributed by atoms with Crippen molar-refractivity contribution in [2.24, 2.45) is 0 Å². The first-order chi connectivity index (χ1) is 15.2. The minimum Gasteiger partial charge on any atom is -0.308 e. The summed E-state index contributed by atoms with van der Waals surface area (Å²) in [5.74, 6) is -0.225. The minimum atomic E-state index is -3.57. The Hall–Kier alpha value is -2.23. The molecule has 2 heterocycles. The largest absolute Gasteiger partial charge is 0.308 e. The van der Waals surface area contributed by atoms with E-state index in [9.17, 15) is 21.6 Å². The average molecular weight is 477 g/mol. The van der Waals surface area contributed by atoms with Gasteiger partial charge in [0.15, 0.2) is 9.84 Å². The first kappa shape index (κ1) is 22.9. The van der Waals surface area contributed by atoms with Gasteiger partial charge in [-0.05, 0) is 73.7 Å². The number of rotatable bonds is 4. The molecule has 2 aromatic rings. The maximum absolute atomic E-state index is 13.2. The van der Waals surface area contributed by atoms with Gasteiger partial charge in [0.1, 0.15) is 0 Å². The van der Waals surface area contributed by atoms with Crippen LogP contribution in [-0.4, -0.2) is 52.9 Å². The summed E-state index contributed by atoms with van der Waals surface area (Å²) in [6, 6.07) is 11.0. The molecule has 0 unspecified atom stereocenters. The van der Waals surface area contributed by atoms with E-state index in [0.717, 1.165) is 37.7 Å². The van der Waals surface area contributed by atoms with Crippen LogP contribution in [0.3, 0.4) is 0 Å². The summed E-state index contributed by atoms with van der Waals surface area (Å²) >= 11 is 0. The van der Waals surface area contributed by atoms with E-state index in [4.69, 9.17) is 0 Å². The number of sulfonamides is 1. The van der Waals surface area contributed by atoms with E-state index in [-0.39, 0.29) is 15.7 Å². The molecule has 2 aliphatic rings. The molecule has 0 N–H and O–H groups in total. The molecule has 0 atom stereocenters. The zero-order valence-electron chi connectivity index (χ0n) is 18.2. The molecule has 1 saturated heterocycles. The van der Waals surface area contributed by atoms with Crippen LogP contribution in [0, 0.1) is 0 Å². The van der Waals surface area contributed by atoms with Gasteiger partial charge in [0.05, 0.1) is 9.79 Å². The lowest BCUT2D eigenvalue weighted by atomic mass is 10.0. The van der Waals surface area contributed by atoms with Crippen molar-refractivity contribution in [3.8, 4) is 0 Å². The van der Waals surface area contributed by atoms with Gasteiger partial charge in [-0.3, -0.25) is 4.79 Å². The van der Waals surface area contributed by atoms with Crippen molar-refractivity contribution in [1.82, 2.24) is 4.31 Å². The summed E-state index contributed by atoms with van der Waals surface area (Å²) in [5, 5.41) is 0. The van der Waals surface area contributed by atoms with Gasteiger partial charge in [-0.15, -0.1) is 0 Å². The Kier molecular flexibility index (Phi) is 6.42. The van der Waals surface area contributed by atoms with Crippen molar-refractivity contribution in [2.75, 3.05) is 30.8 Å². The number of hydrogen-bond acceptors (Lipinski definition) is 5. The second kappa shape index (κ2) is 8.96. The molecular formula is C23H28N2O5S2. The van der Waals surface area contributed by atoms with E-state index in [1.807, 2.05) is 0 Å². The lowest BCUT2D eigenvalue weighted by Gasteiger charge is -2.30. The predicted octanol–water partition coefficient (Wildman–Crippen LogP) is 3.25. The SMILES string of the molecule is CS(=O)(=O)c1ccc2c(c1)CCCN2C(=O)c1ccc(S(=O)(=O)N2CCCCCC2)cc1. The summed E-state index contributed by atoms with van der Waals surface area (Å²) < 4.78 is 51.2. The molecule has 0 bridgehead atoms. The highest BCUT2D eigenvalue weighted by Gasteiger charge is 2.27. The van der Waals surface area contributed by atoms with E-state index in [0.29, 0.717) is 37.3 Å². The molecule has 172 valence electrons. The van der Waals surface area contributed by atoms with Crippen LogP contribution in [0.25, 0.3) is 0 Å². The molecule has 1 fully saturated rings. The fourth-order valence-corrected chi connectivity index (χ4v) is 6.56. The number of carbonyl (C=O) groups excluding carboxylic acids is 1. The number of sulfone groups is 1. The van der Waals surface area contributed by atoms with Crippen molar-refractivity contribution in [2.45, 2.75) is 48.3 Å². The van der Waals surface area contributed by atoms with Gasteiger partial charge in [-0.1, -0.05) is 12.8 Å². The second-order valence-electron chi connectivity index (χ2n) is 8.47. The number of amides is 1. The molecule has 4 rings (SSSR count). The van der Waals surface area contributed by atoms with Crippen molar-refractivity contribution in [1.29, 1.82) is 0 Å². The van der Waals surface area contributed by atoms with Gasteiger partial charge in [0, 0.05) is 37.1 Å². The Labute approximate surface area is 190 Å². The summed E-state index contributed by atoms with van der Waals surface area (Å²) in [5.41, 5.74) is 1.93. The van der Waals surface area contributed by atoms with Crippen LogP contribution in [0.5, 0.6) is 0 Å². The molecule has 0 aromatic heterocycles. The molecule has 7 nitrogen and oxygen atoms in total. The number of hydrogen-bond donors (Lipinski definition) is 0. The van der Waals surface area contributed by atoms with Gasteiger partial charge in [-0.25, -0.2) is 16.8 Å². The fraction of sp³-hybridized carbons (Fsp3) is 0.435. The predicted molar refractivity (Wildman–Crippen MR) is 123 cm³/mol. The quantitative estimate of drug-likeness (QED) is 0.676. The van der Waals surface area contributed by atoms with E-state index in [1.54, 1.807) is 29.2 Å². The smallest absolute Gasteiger partial charge is 0.258 e. The van der Waals surface area contributed by atoms with Crippen LogP contribution < -0.4 is 4.90 Å². The highest BCUT2D eigenvalue weighted by molar-refractivity contribution is 7.90. The third-order valence-corrected chi connectivity index (χ3v) is 9.17. The molecule has 0 aliphatic carbocycles. The molecule has 32 heavy (non-hydrogen) atoms. The fourth-order valence-electron chi connectivity index (χ4n) is 4.37. The number of aryl methyl sites for hydroxylation is 1. The Balaban J connectivity index is 1.57. The summed E-state index contributed by atoms with van der Waals surface area (Å²) in [4.78, 5) is 15.3. The molecule has 0 spiro atoms. The van der Waals surface area contributed by atoms with Gasteiger partial charge in [0.2, 0.25) is 10.0 Å². The van der Waals surface area contributed by atoms with E-state index < -0.39 is 19.9 Å². The number of fused-ring (bicyclic) bond motifs is 1. The zero-order valence-corrected chi connectivity index (χ0v) is 19.8. The molecule has 1 amide bonds. The maximum Gasteiger partial charge on any atom is 0.258 e. The van der Waals surface area contributed by atoms with Crippen molar-refractivity contribution < 1.29 is 21.6 Å². The van der Waals surface area contributed by atoms with Crippen LogP contribution in [0.4, 0.5) is 5.69 Å². The molecule has 2 aromatic carbocycles. The molecule has 0 saturated carbocycles. The highest BCUT2D eigenvalue weighted by atomic mass is 32.2. The van der Waals surface area contributed by atoms with E-state index in [2.05, 4.69) is 0 Å². The van der Waals surface area contributed by atoms with Crippen LogP contribution >= 0.6 is 0 Å². The van der Waals surface area contributed by atoms with Gasteiger partial charge in [0.25, 0.3) is 5.91 Å². The summed E-state index contributed by atoms with van der Waals surface area (Å²) in [6.07, 6.45) is 6.42. The monoisotopic (exact) mass is 476 g/mol. The standard InChI is InChI=1S/C23H28N2O5S2/c1-31(27,28)21-12-13-22-19(17-21)7-6-16-25(22)23(26)18-8-10-20(11-9-18)32(29,30)24-14-4-2-3-5-15-24/h8-13,17H,2-7,14-16H2,1H3. The summed E-state index contributed by atoms with van der Waals surface area (Å²) in [7, 11) is -6.89. The van der Waals surface area contributed by atoms with Gasteiger partial charge in [-0.2, -0.15) is 4.31 Å². The Morgan fingerprint density at radius 2 is 1.41 bits per heavy atom. The van der Waals surface area contributed by atoms with Gasteiger partial charge < -0.3 is 4.90 Å². The lowest BCUT2D eigenvalue weighted by molar-refractivity contribution is 0.0985. The Morgan fingerprint density at radius 3 is 2.03 bits per heavy atom. The van der Waals surface area contributed by atoms with Crippen LogP contribution in [-0.2, 0) is 26.3 Å². The van der Waals surface area contributed by atoms with Crippen molar-refractivity contribution in [3.63, 3.8) is 0 Å². The van der Waals surface area contributed by atoms with E-state index in [1.165, 1.54) is 28.8 Å². The number of nitrogens with zero attached hydrogens (tertiary/aromatic N) is 2. The number of carbonyl (C=O) groups is 1. The molecule has 0 radical (unpaired) electrons. The Bertz CT molecular complexity index is 1210. The Morgan fingerprint density at radius 1 is 0.781 bits per heavy atom. The first-order valence-corrected chi connectivity index (χ1v) is 14.3. The average Bonchev–Trinajstić information content (AvgIpc) is 3.07. The molecule has 9 heteroatoms. The van der Waals surface area contributed by atoms with Crippen molar-refractivity contribution >= 4 is 31.5 Å². The third-order valence-electron chi connectivity index (χ3n) is 6.15. The van der Waals surface area contributed by atoms with Crippen LogP contribution in [0.1, 0.15) is 48.0 Å². The number of anilines is 1. The normalized spacial score (nSPS) is 18.1. The zero-order chi connectivity index (χ0) is 22.9. The third kappa shape index (κ3) is 4.60. The topological polar surface area (TPSA) is 91.8 Å². The van der Waals surface area contributed by atoms with Crippen LogP contribution in [0.2, 0.25) is 0 Å². The minimum absolute atomic E-state index is 0.202. The first-order valence-electron chi connectivity index (χ1n) is 10.9. The lowest BCUT2D eigenvalue weighted by Crippen LogP contribution is -2.35. The molecular weight excluding hydrogens is 448 g/mol. The second-order valence-corrected chi connectivity index (χ2v) is 12.4. The van der Waals surface area contributed by atoms with Crippen molar-refractivity contribution in [3.05, 3.63) is 53.6 Å². The van der Waals surface area contributed by atoms with Gasteiger partial charge >= 0.3 is 0 Å². The molecule has 2 aliphatic heterocycles. The number of benzene rings is 2.